The first-order chi connectivity index (χ1) is 13.3. The van der Waals surface area contributed by atoms with Crippen LogP contribution in [0.1, 0.15) is 24.0 Å². The van der Waals surface area contributed by atoms with Gasteiger partial charge < -0.3 is 9.64 Å². The summed E-state index contributed by atoms with van der Waals surface area (Å²) < 4.78 is 33.5. The highest BCUT2D eigenvalue weighted by Gasteiger charge is 2.27. The number of rotatable bonds is 6. The Balaban J connectivity index is 1.50. The minimum Gasteiger partial charge on any atom is -0.484 e. The van der Waals surface area contributed by atoms with Gasteiger partial charge in [-0.05, 0) is 62.1 Å². The Morgan fingerprint density at radius 3 is 2.39 bits per heavy atom. The molecule has 0 spiro atoms. The van der Waals surface area contributed by atoms with E-state index in [4.69, 9.17) is 4.74 Å². The van der Waals surface area contributed by atoms with Gasteiger partial charge in [0.1, 0.15) is 5.75 Å². The molecule has 7 heteroatoms. The van der Waals surface area contributed by atoms with Gasteiger partial charge in [0.25, 0.3) is 5.91 Å². The zero-order valence-corrected chi connectivity index (χ0v) is 17.0. The van der Waals surface area contributed by atoms with E-state index in [-0.39, 0.29) is 23.5 Å². The van der Waals surface area contributed by atoms with Crippen LogP contribution in [0.5, 0.6) is 5.75 Å². The van der Waals surface area contributed by atoms with Crippen LogP contribution in [-0.4, -0.2) is 45.0 Å². The number of nitrogens with zero attached hydrogens (tertiary/aromatic N) is 1. The third-order valence-corrected chi connectivity index (χ3v) is 6.58. The van der Waals surface area contributed by atoms with Crippen molar-refractivity contribution >= 4 is 15.9 Å². The molecule has 1 aliphatic heterocycles. The SMILES string of the molecule is Cc1ccc(S(=O)(=O)NC2CCN(C(=O)COc3ccccc3)CC2)cc1C. The van der Waals surface area contributed by atoms with Gasteiger partial charge in [-0.1, -0.05) is 24.3 Å². The largest absolute Gasteiger partial charge is 0.484 e. The lowest BCUT2D eigenvalue weighted by molar-refractivity contribution is -0.134. The van der Waals surface area contributed by atoms with Crippen molar-refractivity contribution in [3.8, 4) is 5.75 Å². The molecular weight excluding hydrogens is 376 g/mol. The molecule has 1 heterocycles. The number of piperidine rings is 1. The normalized spacial score (nSPS) is 15.4. The van der Waals surface area contributed by atoms with E-state index in [9.17, 15) is 13.2 Å². The minimum absolute atomic E-state index is 0.0109. The predicted molar refractivity (Wildman–Crippen MR) is 108 cm³/mol. The number of sulfonamides is 1. The highest BCUT2D eigenvalue weighted by molar-refractivity contribution is 7.89. The zero-order valence-electron chi connectivity index (χ0n) is 16.2. The number of likely N-dealkylation sites (tertiary alicyclic amines) is 1. The van der Waals surface area contributed by atoms with Crippen molar-refractivity contribution in [3.63, 3.8) is 0 Å². The third-order valence-electron chi connectivity index (χ3n) is 5.06. The fourth-order valence-electron chi connectivity index (χ4n) is 3.17. The lowest BCUT2D eigenvalue weighted by Crippen LogP contribution is -2.47. The molecule has 3 rings (SSSR count). The van der Waals surface area contributed by atoms with Crippen molar-refractivity contribution in [2.75, 3.05) is 19.7 Å². The van der Waals surface area contributed by atoms with Gasteiger partial charge in [-0.25, -0.2) is 13.1 Å². The highest BCUT2D eigenvalue weighted by Crippen LogP contribution is 2.18. The smallest absolute Gasteiger partial charge is 0.260 e. The van der Waals surface area contributed by atoms with Gasteiger partial charge >= 0.3 is 0 Å². The van der Waals surface area contributed by atoms with Gasteiger partial charge in [-0.2, -0.15) is 0 Å². The number of benzene rings is 2. The van der Waals surface area contributed by atoms with Crippen molar-refractivity contribution in [2.24, 2.45) is 0 Å². The number of ether oxygens (including phenoxy) is 1. The van der Waals surface area contributed by atoms with Gasteiger partial charge in [-0.3, -0.25) is 4.79 Å². The van der Waals surface area contributed by atoms with Crippen LogP contribution < -0.4 is 9.46 Å². The van der Waals surface area contributed by atoms with Gasteiger partial charge in [0.2, 0.25) is 10.0 Å². The summed E-state index contributed by atoms with van der Waals surface area (Å²) in [7, 11) is -3.56. The number of hydrogen-bond donors (Lipinski definition) is 1. The van der Waals surface area contributed by atoms with Crippen LogP contribution in [-0.2, 0) is 14.8 Å². The lowest BCUT2D eigenvalue weighted by atomic mass is 10.1. The molecule has 1 amide bonds. The van der Waals surface area contributed by atoms with Crippen molar-refractivity contribution < 1.29 is 17.9 Å². The van der Waals surface area contributed by atoms with Crippen LogP contribution in [0.25, 0.3) is 0 Å². The molecule has 1 N–H and O–H groups in total. The van der Waals surface area contributed by atoms with E-state index in [0.29, 0.717) is 31.7 Å². The summed E-state index contributed by atoms with van der Waals surface area (Å²) in [5.41, 5.74) is 2.00. The molecule has 0 unspecified atom stereocenters. The fraction of sp³-hybridized carbons (Fsp3) is 0.381. The monoisotopic (exact) mass is 402 g/mol. The summed E-state index contributed by atoms with van der Waals surface area (Å²) in [5, 5.41) is 0. The number of carbonyl (C=O) groups is 1. The first-order valence-electron chi connectivity index (χ1n) is 9.40. The molecule has 0 saturated carbocycles. The molecule has 0 bridgehead atoms. The summed E-state index contributed by atoms with van der Waals surface area (Å²) in [6, 6.07) is 14.2. The highest BCUT2D eigenvalue weighted by atomic mass is 32.2. The molecular formula is C21H26N2O4S. The molecule has 1 saturated heterocycles. The van der Waals surface area contributed by atoms with Crippen LogP contribution in [0.2, 0.25) is 0 Å². The Morgan fingerprint density at radius 1 is 1.07 bits per heavy atom. The molecule has 1 aliphatic rings. The Hall–Kier alpha value is -2.38. The number of para-hydroxylation sites is 1. The second kappa shape index (κ2) is 8.75. The maximum Gasteiger partial charge on any atom is 0.260 e. The second-order valence-corrected chi connectivity index (χ2v) is 8.84. The maximum absolute atomic E-state index is 12.6. The molecule has 0 atom stereocenters. The number of amides is 1. The summed E-state index contributed by atoms with van der Waals surface area (Å²) in [5.74, 6) is 0.575. The number of carbonyl (C=O) groups excluding carboxylic acids is 1. The maximum atomic E-state index is 12.6. The van der Waals surface area contributed by atoms with E-state index in [1.807, 2.05) is 38.1 Å². The Kier molecular flexibility index (Phi) is 6.36. The molecule has 28 heavy (non-hydrogen) atoms. The molecule has 150 valence electrons. The Labute approximate surface area is 166 Å². The number of hydrogen-bond acceptors (Lipinski definition) is 4. The number of nitrogens with one attached hydrogen (secondary N) is 1. The Morgan fingerprint density at radius 2 is 1.75 bits per heavy atom. The average Bonchev–Trinajstić information content (AvgIpc) is 2.69. The second-order valence-electron chi connectivity index (χ2n) is 7.12. The van der Waals surface area contributed by atoms with Crippen molar-refractivity contribution in [1.82, 2.24) is 9.62 Å². The van der Waals surface area contributed by atoms with Crippen LogP contribution in [0, 0.1) is 13.8 Å². The summed E-state index contributed by atoms with van der Waals surface area (Å²) in [6.07, 6.45) is 1.17. The summed E-state index contributed by atoms with van der Waals surface area (Å²) in [6.45, 7) is 4.86. The van der Waals surface area contributed by atoms with Crippen molar-refractivity contribution in [2.45, 2.75) is 37.6 Å². The van der Waals surface area contributed by atoms with Crippen LogP contribution in [0.3, 0.4) is 0 Å². The van der Waals surface area contributed by atoms with Crippen molar-refractivity contribution in [1.29, 1.82) is 0 Å². The Bertz CT molecular complexity index is 921. The molecule has 1 fully saturated rings. The molecule has 0 radical (unpaired) electrons. The molecule has 0 aromatic heterocycles. The van der Waals surface area contributed by atoms with E-state index < -0.39 is 10.0 Å². The van der Waals surface area contributed by atoms with E-state index in [1.165, 1.54) is 0 Å². The number of aryl methyl sites for hydroxylation is 2. The lowest BCUT2D eigenvalue weighted by Gasteiger charge is -2.32. The van der Waals surface area contributed by atoms with E-state index in [1.54, 1.807) is 29.2 Å². The summed E-state index contributed by atoms with van der Waals surface area (Å²) in [4.78, 5) is 14.3. The van der Waals surface area contributed by atoms with Crippen molar-refractivity contribution in [3.05, 3.63) is 59.7 Å². The molecule has 6 nitrogen and oxygen atoms in total. The summed E-state index contributed by atoms with van der Waals surface area (Å²) >= 11 is 0. The van der Waals surface area contributed by atoms with Crippen LogP contribution >= 0.6 is 0 Å². The van der Waals surface area contributed by atoms with Gasteiger partial charge in [0.05, 0.1) is 4.90 Å². The van der Waals surface area contributed by atoms with Gasteiger partial charge in [-0.15, -0.1) is 0 Å². The van der Waals surface area contributed by atoms with E-state index >= 15 is 0 Å². The first-order valence-corrected chi connectivity index (χ1v) is 10.9. The standard InChI is InChI=1S/C21H26N2O4S/c1-16-8-9-20(14-17(16)2)28(25,26)22-18-10-12-23(13-11-18)21(24)15-27-19-6-4-3-5-7-19/h3-9,14,18,22H,10-13,15H2,1-2H3. The third kappa shape index (κ3) is 5.11. The predicted octanol–water partition coefficient (Wildman–Crippen LogP) is 2.65. The zero-order chi connectivity index (χ0) is 20.1. The topological polar surface area (TPSA) is 75.7 Å². The molecule has 2 aromatic rings. The van der Waals surface area contributed by atoms with Gasteiger partial charge in [0.15, 0.2) is 6.61 Å². The minimum atomic E-state index is -3.56. The first kappa shape index (κ1) is 20.4. The van der Waals surface area contributed by atoms with E-state index in [0.717, 1.165) is 11.1 Å². The van der Waals surface area contributed by atoms with Gasteiger partial charge in [0, 0.05) is 19.1 Å². The molecule has 0 aliphatic carbocycles. The quantitative estimate of drug-likeness (QED) is 0.806. The van der Waals surface area contributed by atoms with Crippen LogP contribution in [0.4, 0.5) is 0 Å². The average molecular weight is 403 g/mol. The van der Waals surface area contributed by atoms with E-state index in [2.05, 4.69) is 4.72 Å². The fourth-order valence-corrected chi connectivity index (χ4v) is 4.56. The van der Waals surface area contributed by atoms with Crippen LogP contribution in [0.15, 0.2) is 53.4 Å². The molecule has 2 aromatic carbocycles.